The van der Waals surface area contributed by atoms with E-state index in [9.17, 15) is 0 Å². The fourth-order valence-electron chi connectivity index (χ4n) is 7.77. The Morgan fingerprint density at radius 3 is 1.84 bits per heavy atom. The molecule has 0 saturated carbocycles. The zero-order chi connectivity index (χ0) is 38.4. The third-order valence-electron chi connectivity index (χ3n) is 10.7. The molecule has 1 aliphatic rings. The van der Waals surface area contributed by atoms with Crippen molar-refractivity contribution in [1.29, 1.82) is 0 Å². The molecule has 6 heteroatoms. The number of benzene rings is 7. The molecular formula is C52H32N4OS. The predicted octanol–water partition coefficient (Wildman–Crippen LogP) is 13.8. The van der Waals surface area contributed by atoms with Gasteiger partial charge in [0.1, 0.15) is 11.2 Å². The number of hydrogen-bond acceptors (Lipinski definition) is 6. The maximum atomic E-state index is 6.53. The van der Waals surface area contributed by atoms with Crippen LogP contribution in [0.1, 0.15) is 11.1 Å². The average Bonchev–Trinajstić information content (AvgIpc) is 3.65. The van der Waals surface area contributed by atoms with E-state index >= 15 is 0 Å². The Balaban J connectivity index is 1.13. The molecule has 0 unspecified atom stereocenters. The molecule has 0 N–H and O–H groups in total. The molecule has 0 atom stereocenters. The van der Waals surface area contributed by atoms with Crippen molar-refractivity contribution in [2.24, 2.45) is 0 Å². The molecule has 0 radical (unpaired) electrons. The molecule has 10 aromatic rings. The van der Waals surface area contributed by atoms with Gasteiger partial charge in [0.15, 0.2) is 11.6 Å². The van der Waals surface area contributed by atoms with Crippen LogP contribution < -0.4 is 0 Å². The summed E-state index contributed by atoms with van der Waals surface area (Å²) in [5, 5.41) is 2.20. The minimum atomic E-state index is 0.556. The average molecular weight is 761 g/mol. The van der Waals surface area contributed by atoms with Crippen LogP contribution in [-0.2, 0) is 0 Å². The first-order valence-corrected chi connectivity index (χ1v) is 20.0. The van der Waals surface area contributed by atoms with Crippen LogP contribution in [0.5, 0.6) is 0 Å². The molecular weight excluding hydrogens is 729 g/mol. The molecule has 0 saturated heterocycles. The molecule has 0 bridgehead atoms. The van der Waals surface area contributed by atoms with Gasteiger partial charge >= 0.3 is 0 Å². The maximum Gasteiger partial charge on any atom is 0.163 e. The minimum Gasteiger partial charge on any atom is -0.456 e. The highest BCUT2D eigenvalue weighted by molar-refractivity contribution is 7.99. The van der Waals surface area contributed by atoms with Crippen LogP contribution in [0.25, 0.3) is 102 Å². The minimum absolute atomic E-state index is 0.556. The van der Waals surface area contributed by atoms with Gasteiger partial charge in [0.2, 0.25) is 0 Å². The summed E-state index contributed by atoms with van der Waals surface area (Å²) in [7, 11) is 0. The first-order chi connectivity index (χ1) is 28.7. The number of para-hydroxylation sites is 1. The SMILES string of the molecule is C1=Cc2ccc(-c3cc(-c4ccccc4)nc(-c4cnc(-c5ccccc5)nc4)n3)cc2-c2cc3oc4ccccc4c3cc2Sc2ccccc2-c2ccccc21. The van der Waals surface area contributed by atoms with Gasteiger partial charge in [-0.2, -0.15) is 0 Å². The Morgan fingerprint density at radius 1 is 0.379 bits per heavy atom. The Kier molecular flexibility index (Phi) is 8.34. The van der Waals surface area contributed by atoms with Gasteiger partial charge < -0.3 is 4.42 Å². The van der Waals surface area contributed by atoms with Gasteiger partial charge in [0.25, 0.3) is 0 Å². The molecule has 58 heavy (non-hydrogen) atoms. The van der Waals surface area contributed by atoms with Crippen molar-refractivity contribution in [1.82, 2.24) is 19.9 Å². The lowest BCUT2D eigenvalue weighted by molar-refractivity contribution is 0.669. The van der Waals surface area contributed by atoms with E-state index in [0.29, 0.717) is 11.6 Å². The van der Waals surface area contributed by atoms with E-state index in [-0.39, 0.29) is 0 Å². The Morgan fingerprint density at radius 2 is 1.03 bits per heavy atom. The summed E-state index contributed by atoms with van der Waals surface area (Å²) >= 11 is 1.79. The van der Waals surface area contributed by atoms with E-state index in [0.717, 1.165) is 82.7 Å². The van der Waals surface area contributed by atoms with Crippen LogP contribution in [0.4, 0.5) is 0 Å². The van der Waals surface area contributed by atoms with Crippen LogP contribution >= 0.6 is 11.8 Å². The second-order valence-electron chi connectivity index (χ2n) is 14.3. The number of rotatable bonds is 4. The molecule has 5 nitrogen and oxygen atoms in total. The molecule has 1 aliphatic heterocycles. The molecule has 0 spiro atoms. The van der Waals surface area contributed by atoms with Crippen molar-refractivity contribution >= 4 is 45.9 Å². The summed E-state index contributed by atoms with van der Waals surface area (Å²) in [6, 6.07) is 59.0. The van der Waals surface area contributed by atoms with Gasteiger partial charge in [0, 0.05) is 49.6 Å². The highest BCUT2D eigenvalue weighted by Gasteiger charge is 2.20. The van der Waals surface area contributed by atoms with Gasteiger partial charge in [0.05, 0.1) is 17.0 Å². The fourth-order valence-corrected chi connectivity index (χ4v) is 8.89. The van der Waals surface area contributed by atoms with Crippen molar-refractivity contribution in [2.75, 3.05) is 0 Å². The van der Waals surface area contributed by atoms with Crippen LogP contribution in [0.2, 0.25) is 0 Å². The number of furan rings is 1. The van der Waals surface area contributed by atoms with Crippen molar-refractivity contribution < 1.29 is 4.42 Å². The Bertz CT molecular complexity index is 3190. The van der Waals surface area contributed by atoms with E-state index in [4.69, 9.17) is 24.4 Å². The number of hydrogen-bond donors (Lipinski definition) is 0. The van der Waals surface area contributed by atoms with E-state index < -0.39 is 0 Å². The molecule has 3 aromatic heterocycles. The number of nitrogens with zero attached hydrogens (tertiary/aromatic N) is 4. The lowest BCUT2D eigenvalue weighted by Gasteiger charge is -2.16. The van der Waals surface area contributed by atoms with Gasteiger partial charge in [-0.15, -0.1) is 0 Å². The molecule has 11 rings (SSSR count). The first-order valence-electron chi connectivity index (χ1n) is 19.2. The summed E-state index contributed by atoms with van der Waals surface area (Å²) in [4.78, 5) is 22.0. The monoisotopic (exact) mass is 760 g/mol. The van der Waals surface area contributed by atoms with Crippen LogP contribution in [-0.4, -0.2) is 19.9 Å². The third-order valence-corrected chi connectivity index (χ3v) is 11.8. The molecule has 0 aliphatic carbocycles. The van der Waals surface area contributed by atoms with Crippen molar-refractivity contribution in [3.63, 3.8) is 0 Å². The normalized spacial score (nSPS) is 12.0. The highest BCUT2D eigenvalue weighted by atomic mass is 32.2. The third kappa shape index (κ3) is 6.17. The lowest BCUT2D eigenvalue weighted by atomic mass is 9.93. The van der Waals surface area contributed by atoms with Gasteiger partial charge in [-0.25, -0.2) is 19.9 Å². The molecule has 272 valence electrons. The lowest BCUT2D eigenvalue weighted by Crippen LogP contribution is -1.98. The van der Waals surface area contributed by atoms with Gasteiger partial charge in [-0.1, -0.05) is 157 Å². The number of aromatic nitrogens is 4. The van der Waals surface area contributed by atoms with Crippen molar-refractivity contribution in [2.45, 2.75) is 9.79 Å². The van der Waals surface area contributed by atoms with E-state index in [1.165, 1.54) is 16.0 Å². The predicted molar refractivity (Wildman–Crippen MR) is 237 cm³/mol. The second kappa shape index (κ2) is 14.3. The smallest absolute Gasteiger partial charge is 0.163 e. The zero-order valence-electron chi connectivity index (χ0n) is 31.1. The molecule has 4 heterocycles. The molecule has 0 fully saturated rings. The fraction of sp³-hybridized carbons (Fsp3) is 0. The maximum absolute atomic E-state index is 6.53. The number of fused-ring (bicyclic) bond motifs is 9. The molecule has 7 aromatic carbocycles. The highest BCUT2D eigenvalue weighted by Crippen LogP contribution is 2.47. The summed E-state index contributed by atoms with van der Waals surface area (Å²) in [6.45, 7) is 0. The topological polar surface area (TPSA) is 64.7 Å². The van der Waals surface area contributed by atoms with E-state index in [1.807, 2.05) is 73.1 Å². The van der Waals surface area contributed by atoms with E-state index in [1.54, 1.807) is 11.8 Å². The second-order valence-corrected chi connectivity index (χ2v) is 15.3. The largest absolute Gasteiger partial charge is 0.456 e. The summed E-state index contributed by atoms with van der Waals surface area (Å²) in [5.41, 5.74) is 13.8. The van der Waals surface area contributed by atoms with Crippen LogP contribution in [0, 0.1) is 0 Å². The molecule has 0 amide bonds. The summed E-state index contributed by atoms with van der Waals surface area (Å²) < 4.78 is 6.53. The van der Waals surface area contributed by atoms with Gasteiger partial charge in [-0.05, 0) is 69.8 Å². The summed E-state index contributed by atoms with van der Waals surface area (Å²) in [5.74, 6) is 1.21. The van der Waals surface area contributed by atoms with Crippen LogP contribution in [0.15, 0.2) is 196 Å². The Labute approximate surface area is 339 Å². The summed E-state index contributed by atoms with van der Waals surface area (Å²) in [6.07, 6.45) is 8.09. The van der Waals surface area contributed by atoms with Gasteiger partial charge in [-0.3, -0.25) is 0 Å². The van der Waals surface area contributed by atoms with Crippen molar-refractivity contribution in [3.05, 3.63) is 193 Å². The Hall–Kier alpha value is -7.41. The zero-order valence-corrected chi connectivity index (χ0v) is 31.9. The van der Waals surface area contributed by atoms with E-state index in [2.05, 4.69) is 121 Å². The first kappa shape index (κ1) is 33.9. The quantitative estimate of drug-likeness (QED) is 0.178. The van der Waals surface area contributed by atoms with Crippen molar-refractivity contribution in [3.8, 4) is 67.5 Å². The standard InChI is InChI=1S/C52H32N4OS/c1-3-14-35(15-4-1)45-30-46(56-52(55-45)38-31-53-51(54-32-38)36-16-5-2-6-17-36)37-26-25-34-24-23-33-13-7-8-18-39(33)41-20-10-12-22-49(41)58-50-29-43-40-19-9-11-21-47(40)57-48(43)28-44(50)42(34)27-37/h1-32H. The van der Waals surface area contributed by atoms with Crippen LogP contribution in [0.3, 0.4) is 0 Å².